The SMILES string of the molecule is Cn1nc(NS(C)(=O)=O)c2c(Cl)ccc(N3Cc4ccc(-c5cc(C(F)(F)F)cc(C(F)(F)F)n5)cc4N=C3[C@H](Cc3cc(F)cc(F)c3)NC(=O)Cn3nc(C(F)F)c4c3C(F)(F)[C@@H]3C[C@H]43)c21. The highest BCUT2D eigenvalue weighted by Gasteiger charge is 2.67. The predicted molar refractivity (Wildman–Crippen MR) is 221 cm³/mol. The van der Waals surface area contributed by atoms with Gasteiger partial charge in [-0.25, -0.2) is 36.0 Å². The van der Waals surface area contributed by atoms with Gasteiger partial charge in [-0.15, -0.1) is 0 Å². The number of carbonyl (C=O) groups excluding carboxylic acids is 1. The average molecular weight is 1000 g/mol. The first-order valence-electron chi connectivity index (χ1n) is 20.0. The number of aryl methyl sites for hydroxylation is 1. The quantitative estimate of drug-likeness (QED) is 0.123. The van der Waals surface area contributed by atoms with Gasteiger partial charge in [0.25, 0.3) is 12.3 Å². The number of pyridine rings is 1. The van der Waals surface area contributed by atoms with Gasteiger partial charge in [-0.05, 0) is 65.9 Å². The number of hydrogen-bond acceptors (Lipinski definition) is 8. The third kappa shape index (κ3) is 8.57. The standard InChI is InChI=1S/C42H30ClF12N9O3S/c1-62-35-29(6-5-25(43)33(35)38(60-62)61-68(2,66)67)63-15-19-4-3-18(27-11-20(41(50,51)52)12-30(56-27)42(53,54)55)10-26(19)58-39(63)28(9-17-7-21(44)13-22(45)8-17)57-31(65)16-64-36-32(34(59-64)37(46)47)23-14-24(23)40(36,48)49/h3-8,10-13,23-24,28,37H,9,14-16H2,1-2H3,(H,57,65)(H,60,61)/t23-,24+,28-/m0/s1. The Hall–Kier alpha value is -6.37. The fraction of sp³-hybridized carbons (Fsp3) is 0.310. The molecule has 358 valence electrons. The van der Waals surface area contributed by atoms with E-state index in [4.69, 9.17) is 16.6 Å². The molecule has 0 radical (unpaired) electrons. The molecular formula is C42H30ClF12N9O3S. The van der Waals surface area contributed by atoms with Gasteiger partial charge in [-0.1, -0.05) is 23.7 Å². The molecule has 2 aliphatic carbocycles. The van der Waals surface area contributed by atoms with Crippen molar-refractivity contribution in [2.24, 2.45) is 18.0 Å². The van der Waals surface area contributed by atoms with Crippen molar-refractivity contribution in [2.45, 2.75) is 62.6 Å². The highest BCUT2D eigenvalue weighted by molar-refractivity contribution is 7.92. The minimum atomic E-state index is -5.31. The average Bonchev–Trinajstić information content (AvgIpc) is 3.77. The van der Waals surface area contributed by atoms with Gasteiger partial charge in [0.1, 0.15) is 41.1 Å². The van der Waals surface area contributed by atoms with Gasteiger partial charge in [0, 0.05) is 36.6 Å². The molecule has 1 fully saturated rings. The lowest BCUT2D eigenvalue weighted by atomic mass is 9.98. The summed E-state index contributed by atoms with van der Waals surface area (Å²) in [5, 5.41) is 10.6. The number of halogens is 13. The van der Waals surface area contributed by atoms with Gasteiger partial charge >= 0.3 is 12.4 Å². The van der Waals surface area contributed by atoms with E-state index in [1.54, 1.807) is 0 Å². The third-order valence-electron chi connectivity index (χ3n) is 11.6. The van der Waals surface area contributed by atoms with Crippen LogP contribution in [0, 0.1) is 17.6 Å². The van der Waals surface area contributed by atoms with Crippen LogP contribution in [-0.4, -0.2) is 57.0 Å². The lowest BCUT2D eigenvalue weighted by Gasteiger charge is -2.36. The number of carbonyl (C=O) groups is 1. The molecule has 26 heteroatoms. The van der Waals surface area contributed by atoms with Gasteiger partial charge in [-0.2, -0.15) is 45.3 Å². The number of alkyl halides is 10. The van der Waals surface area contributed by atoms with Crippen molar-refractivity contribution in [3.8, 4) is 11.3 Å². The maximum Gasteiger partial charge on any atom is 0.433 e. The molecule has 3 atom stereocenters. The first-order chi connectivity index (χ1) is 31.7. The van der Waals surface area contributed by atoms with E-state index in [9.17, 15) is 57.1 Å². The Morgan fingerprint density at radius 3 is 2.31 bits per heavy atom. The van der Waals surface area contributed by atoms with Crippen LogP contribution in [0.4, 0.5) is 69.9 Å². The zero-order valence-corrected chi connectivity index (χ0v) is 36.2. The number of aliphatic imine (C=N–C) groups is 1. The van der Waals surface area contributed by atoms with Gasteiger partial charge < -0.3 is 10.2 Å². The maximum atomic E-state index is 15.5. The molecule has 0 saturated heterocycles. The fourth-order valence-electron chi connectivity index (χ4n) is 8.81. The summed E-state index contributed by atoms with van der Waals surface area (Å²) >= 11 is 6.61. The Bertz CT molecular complexity index is 3170. The number of nitrogens with zero attached hydrogens (tertiary/aromatic N) is 7. The van der Waals surface area contributed by atoms with Gasteiger partial charge in [0.05, 0.1) is 57.4 Å². The van der Waals surface area contributed by atoms with Crippen LogP contribution in [0.5, 0.6) is 0 Å². The Balaban J connectivity index is 1.22. The highest BCUT2D eigenvalue weighted by atomic mass is 35.5. The van der Waals surface area contributed by atoms with E-state index in [0.29, 0.717) is 16.8 Å². The minimum absolute atomic E-state index is 0.0141. The molecule has 3 aromatic heterocycles. The molecular weight excluding hydrogens is 974 g/mol. The number of sulfonamides is 1. The molecule has 1 aliphatic heterocycles. The number of amides is 1. The van der Waals surface area contributed by atoms with Gasteiger partial charge in [0.15, 0.2) is 5.82 Å². The number of fused-ring (bicyclic) bond motifs is 5. The Labute approximate surface area is 380 Å². The van der Waals surface area contributed by atoms with E-state index in [0.717, 1.165) is 24.5 Å². The number of amidine groups is 1. The lowest BCUT2D eigenvalue weighted by molar-refractivity contribution is -0.145. The minimum Gasteiger partial charge on any atom is -0.344 e. The molecule has 1 amide bonds. The topological polar surface area (TPSA) is 139 Å². The summed E-state index contributed by atoms with van der Waals surface area (Å²) in [4.78, 5) is 23.8. The molecule has 0 unspecified atom stereocenters. The molecule has 0 bridgehead atoms. The van der Waals surface area contributed by atoms with Crippen molar-refractivity contribution in [1.82, 2.24) is 29.9 Å². The first-order valence-corrected chi connectivity index (χ1v) is 22.2. The van der Waals surface area contributed by atoms with Crippen LogP contribution in [0.2, 0.25) is 5.02 Å². The molecule has 0 spiro atoms. The largest absolute Gasteiger partial charge is 0.433 e. The van der Waals surface area contributed by atoms with Crippen molar-refractivity contribution in [1.29, 1.82) is 0 Å². The molecule has 68 heavy (non-hydrogen) atoms. The van der Waals surface area contributed by atoms with Crippen LogP contribution in [0.15, 0.2) is 65.7 Å². The molecule has 4 heterocycles. The van der Waals surface area contributed by atoms with Crippen LogP contribution >= 0.6 is 11.6 Å². The molecule has 2 N–H and O–H groups in total. The molecule has 12 nitrogen and oxygen atoms in total. The Kier molecular flexibility index (Phi) is 11.1. The summed E-state index contributed by atoms with van der Waals surface area (Å²) in [5.41, 5.74) is -6.50. The molecule has 3 aromatic carbocycles. The van der Waals surface area contributed by atoms with E-state index in [-0.39, 0.29) is 80.2 Å². The van der Waals surface area contributed by atoms with Crippen LogP contribution in [0.3, 0.4) is 0 Å². The summed E-state index contributed by atoms with van der Waals surface area (Å²) in [6, 6.07) is 7.37. The normalized spacial score (nSPS) is 18.1. The van der Waals surface area contributed by atoms with Gasteiger partial charge in [0.2, 0.25) is 15.9 Å². The maximum absolute atomic E-state index is 15.5. The first kappa shape index (κ1) is 46.7. The van der Waals surface area contributed by atoms with Crippen molar-refractivity contribution >= 4 is 61.5 Å². The van der Waals surface area contributed by atoms with Crippen LogP contribution in [0.1, 0.15) is 58.1 Å². The van der Waals surface area contributed by atoms with Crippen molar-refractivity contribution in [3.63, 3.8) is 0 Å². The van der Waals surface area contributed by atoms with Crippen LogP contribution in [-0.2, 0) is 59.7 Å². The monoisotopic (exact) mass is 1000 g/mol. The second-order valence-corrected chi connectivity index (χ2v) is 18.6. The van der Waals surface area contributed by atoms with E-state index in [1.807, 2.05) is 0 Å². The van der Waals surface area contributed by atoms with E-state index in [2.05, 4.69) is 25.2 Å². The number of rotatable bonds is 11. The van der Waals surface area contributed by atoms with Crippen molar-refractivity contribution in [3.05, 3.63) is 117 Å². The summed E-state index contributed by atoms with van der Waals surface area (Å²) in [6.07, 6.45) is -13.6. The molecule has 9 rings (SSSR count). The summed E-state index contributed by atoms with van der Waals surface area (Å²) < 4.78 is 201. The Morgan fingerprint density at radius 2 is 1.66 bits per heavy atom. The second-order valence-electron chi connectivity index (χ2n) is 16.4. The fourth-order valence-corrected chi connectivity index (χ4v) is 9.54. The number of nitrogens with one attached hydrogen (secondary N) is 2. The molecule has 6 aromatic rings. The number of aromatic nitrogens is 5. The number of benzene rings is 3. The molecule has 1 saturated carbocycles. The van der Waals surface area contributed by atoms with E-state index < -0.39 is 111 Å². The van der Waals surface area contributed by atoms with E-state index >= 15 is 8.78 Å². The zero-order chi connectivity index (χ0) is 49.2. The van der Waals surface area contributed by atoms with E-state index in [1.165, 1.54) is 40.9 Å². The smallest absolute Gasteiger partial charge is 0.344 e. The van der Waals surface area contributed by atoms with Crippen LogP contribution in [0.25, 0.3) is 22.2 Å². The predicted octanol–water partition coefficient (Wildman–Crippen LogP) is 9.80. The van der Waals surface area contributed by atoms with Crippen molar-refractivity contribution in [2.75, 3.05) is 15.9 Å². The third-order valence-corrected chi connectivity index (χ3v) is 12.5. The summed E-state index contributed by atoms with van der Waals surface area (Å²) in [6.45, 7) is -1.39. The number of anilines is 2. The summed E-state index contributed by atoms with van der Waals surface area (Å²) in [5.74, 6) is -9.59. The second kappa shape index (κ2) is 16.1. The Morgan fingerprint density at radius 1 is 0.956 bits per heavy atom. The number of hydrogen-bond donors (Lipinski definition) is 2. The molecule has 3 aliphatic rings. The van der Waals surface area contributed by atoms with Gasteiger partial charge in [-0.3, -0.25) is 18.9 Å². The zero-order valence-electron chi connectivity index (χ0n) is 34.6. The lowest BCUT2D eigenvalue weighted by Crippen LogP contribution is -2.51. The highest BCUT2D eigenvalue weighted by Crippen LogP contribution is 2.68. The summed E-state index contributed by atoms with van der Waals surface area (Å²) in [7, 11) is -2.56. The van der Waals surface area contributed by atoms with Crippen LogP contribution < -0.4 is 14.9 Å². The van der Waals surface area contributed by atoms with Crippen molar-refractivity contribution < 1.29 is 65.9 Å².